The molecule has 0 fully saturated rings. The van der Waals surface area contributed by atoms with Crippen molar-refractivity contribution >= 4 is 17.4 Å². The second-order valence-electron chi connectivity index (χ2n) is 5.67. The van der Waals surface area contributed by atoms with Gasteiger partial charge in [-0.25, -0.2) is 4.79 Å². The molecular formula is C19H17NO3. The number of anilines is 1. The quantitative estimate of drug-likeness (QED) is 0.938. The number of nitrogens with zero attached hydrogens (tertiary/aromatic N) is 1. The fraction of sp³-hybridized carbons (Fsp3) is 0.158. The number of aryl methyl sites for hydroxylation is 1. The third kappa shape index (κ3) is 3.16. The van der Waals surface area contributed by atoms with E-state index >= 15 is 0 Å². The van der Waals surface area contributed by atoms with Crippen LogP contribution in [0.1, 0.15) is 33.9 Å². The van der Waals surface area contributed by atoms with Crippen LogP contribution >= 0.6 is 0 Å². The number of allylic oxidation sites excluding steroid dienone is 1. The second-order valence-corrected chi connectivity index (χ2v) is 5.67. The molecule has 0 radical (unpaired) electrons. The van der Waals surface area contributed by atoms with Gasteiger partial charge in [-0.15, -0.1) is 0 Å². The first kappa shape index (κ1) is 15.0. The van der Waals surface area contributed by atoms with Gasteiger partial charge in [-0.2, -0.15) is 0 Å². The maximum Gasteiger partial charge on any atom is 0.335 e. The molecular weight excluding hydrogens is 290 g/mol. The van der Waals surface area contributed by atoms with Crippen LogP contribution in [0.5, 0.6) is 0 Å². The summed E-state index contributed by atoms with van der Waals surface area (Å²) in [6.45, 7) is 2.03. The molecule has 2 aromatic carbocycles. The van der Waals surface area contributed by atoms with Gasteiger partial charge < -0.3 is 10.0 Å². The highest BCUT2D eigenvalue weighted by Crippen LogP contribution is 2.33. The fourth-order valence-electron chi connectivity index (χ4n) is 2.73. The molecule has 0 bridgehead atoms. The molecule has 4 heteroatoms. The Labute approximate surface area is 134 Å². The van der Waals surface area contributed by atoms with E-state index in [1.807, 2.05) is 36.1 Å². The van der Waals surface area contributed by atoms with Gasteiger partial charge in [-0.3, -0.25) is 4.79 Å². The predicted octanol–water partition coefficient (Wildman–Crippen LogP) is 3.73. The molecule has 0 amide bonds. The molecule has 0 aromatic heterocycles. The largest absolute Gasteiger partial charge is 0.478 e. The zero-order valence-corrected chi connectivity index (χ0v) is 12.8. The minimum Gasteiger partial charge on any atom is -0.478 e. The Hall–Kier alpha value is -2.88. The molecule has 1 aliphatic heterocycles. The summed E-state index contributed by atoms with van der Waals surface area (Å²) in [6.07, 6.45) is 3.74. The van der Waals surface area contributed by atoms with Crippen molar-refractivity contribution in [3.05, 3.63) is 77.5 Å². The van der Waals surface area contributed by atoms with Gasteiger partial charge in [-0.05, 0) is 42.8 Å². The van der Waals surface area contributed by atoms with E-state index in [1.165, 1.54) is 5.56 Å². The van der Waals surface area contributed by atoms with Crippen LogP contribution in [0.4, 0.5) is 5.69 Å². The average Bonchev–Trinajstić information content (AvgIpc) is 2.55. The summed E-state index contributed by atoms with van der Waals surface area (Å²) < 4.78 is 0. The highest BCUT2D eigenvalue weighted by atomic mass is 16.4. The Bertz CT molecular complexity index is 760. The number of aromatic carboxylic acids is 1. The lowest BCUT2D eigenvalue weighted by Crippen LogP contribution is -2.29. The molecule has 1 aliphatic rings. The van der Waals surface area contributed by atoms with Gasteiger partial charge in [0.1, 0.15) is 0 Å². The first-order chi connectivity index (χ1) is 11.0. The van der Waals surface area contributed by atoms with Crippen molar-refractivity contribution in [3.63, 3.8) is 0 Å². The summed E-state index contributed by atoms with van der Waals surface area (Å²) in [4.78, 5) is 24.8. The minimum atomic E-state index is -0.948. The number of carboxylic acid groups (broad SMARTS) is 1. The smallest absolute Gasteiger partial charge is 0.335 e. The van der Waals surface area contributed by atoms with E-state index in [-0.39, 0.29) is 17.4 Å². The zero-order chi connectivity index (χ0) is 16.4. The van der Waals surface area contributed by atoms with Crippen LogP contribution in [0.15, 0.2) is 60.8 Å². The number of carbonyl (C=O) groups excluding carboxylic acids is 1. The number of ketones is 1. The normalized spacial score (nSPS) is 17.3. The average molecular weight is 307 g/mol. The maximum atomic E-state index is 11.8. The van der Waals surface area contributed by atoms with E-state index in [0.717, 1.165) is 11.3 Å². The molecule has 23 heavy (non-hydrogen) atoms. The van der Waals surface area contributed by atoms with Crippen LogP contribution < -0.4 is 4.90 Å². The third-order valence-corrected chi connectivity index (χ3v) is 4.03. The minimum absolute atomic E-state index is 0.0798. The van der Waals surface area contributed by atoms with Gasteiger partial charge in [0, 0.05) is 18.3 Å². The van der Waals surface area contributed by atoms with Crippen molar-refractivity contribution in [2.24, 2.45) is 0 Å². The molecule has 2 aromatic rings. The first-order valence-corrected chi connectivity index (χ1v) is 7.44. The summed E-state index contributed by atoms with van der Waals surface area (Å²) in [7, 11) is 0. The monoisotopic (exact) mass is 307 g/mol. The molecule has 0 aliphatic carbocycles. The van der Waals surface area contributed by atoms with Gasteiger partial charge in [0.25, 0.3) is 0 Å². The molecule has 3 rings (SSSR count). The molecule has 0 saturated carbocycles. The van der Waals surface area contributed by atoms with Crippen LogP contribution in [-0.2, 0) is 4.79 Å². The number of benzene rings is 2. The lowest BCUT2D eigenvalue weighted by atomic mass is 9.96. The highest BCUT2D eigenvalue weighted by molar-refractivity contribution is 5.93. The molecule has 1 atom stereocenters. The van der Waals surface area contributed by atoms with Crippen LogP contribution in [0.25, 0.3) is 0 Å². The molecule has 4 nitrogen and oxygen atoms in total. The summed E-state index contributed by atoms with van der Waals surface area (Å²) in [5, 5.41) is 9.00. The van der Waals surface area contributed by atoms with Gasteiger partial charge in [0.05, 0.1) is 11.6 Å². The number of carboxylic acids is 1. The SMILES string of the molecule is Cc1ccc(C2CC(=O)C=CN2c2ccc(C(=O)O)cc2)cc1. The molecule has 1 N–H and O–H groups in total. The van der Waals surface area contributed by atoms with Crippen molar-refractivity contribution in [2.45, 2.75) is 19.4 Å². The topological polar surface area (TPSA) is 57.6 Å². The molecule has 1 heterocycles. The van der Waals surface area contributed by atoms with Crippen LogP contribution in [0, 0.1) is 6.92 Å². The van der Waals surface area contributed by atoms with Crippen molar-refractivity contribution in [1.29, 1.82) is 0 Å². The van der Waals surface area contributed by atoms with Gasteiger partial charge in [-0.1, -0.05) is 29.8 Å². The van der Waals surface area contributed by atoms with Gasteiger partial charge in [0.15, 0.2) is 5.78 Å². The van der Waals surface area contributed by atoms with E-state index < -0.39 is 5.97 Å². The standard InChI is InChI=1S/C19H17NO3/c1-13-2-4-14(5-3-13)18-12-17(21)10-11-20(18)16-8-6-15(7-9-16)19(22)23/h2-11,18H,12H2,1H3,(H,22,23). The van der Waals surface area contributed by atoms with E-state index in [9.17, 15) is 9.59 Å². The number of rotatable bonds is 3. The van der Waals surface area contributed by atoms with Crippen molar-refractivity contribution in [3.8, 4) is 0 Å². The van der Waals surface area contributed by atoms with Gasteiger partial charge in [0.2, 0.25) is 0 Å². The Kier molecular flexibility index (Phi) is 3.98. The van der Waals surface area contributed by atoms with Crippen LogP contribution in [0.2, 0.25) is 0 Å². The lowest BCUT2D eigenvalue weighted by Gasteiger charge is -2.33. The van der Waals surface area contributed by atoms with E-state index in [0.29, 0.717) is 6.42 Å². The second kappa shape index (κ2) is 6.08. The lowest BCUT2D eigenvalue weighted by molar-refractivity contribution is -0.115. The summed E-state index contributed by atoms with van der Waals surface area (Å²) >= 11 is 0. The number of carbonyl (C=O) groups is 2. The Morgan fingerprint density at radius 1 is 1.09 bits per heavy atom. The van der Waals surface area contributed by atoms with E-state index in [4.69, 9.17) is 5.11 Å². The zero-order valence-electron chi connectivity index (χ0n) is 12.8. The molecule has 1 unspecified atom stereocenters. The molecule has 0 spiro atoms. The van der Waals surface area contributed by atoms with E-state index in [1.54, 1.807) is 36.5 Å². The van der Waals surface area contributed by atoms with E-state index in [2.05, 4.69) is 0 Å². The summed E-state index contributed by atoms with van der Waals surface area (Å²) in [5.74, 6) is -0.857. The highest BCUT2D eigenvalue weighted by Gasteiger charge is 2.25. The predicted molar refractivity (Wildman–Crippen MR) is 88.6 cm³/mol. The Morgan fingerprint density at radius 3 is 2.35 bits per heavy atom. The van der Waals surface area contributed by atoms with Crippen LogP contribution in [0.3, 0.4) is 0 Å². The molecule has 116 valence electrons. The number of hydrogen-bond acceptors (Lipinski definition) is 3. The van der Waals surface area contributed by atoms with Crippen molar-refractivity contribution in [1.82, 2.24) is 0 Å². The van der Waals surface area contributed by atoms with Crippen LogP contribution in [-0.4, -0.2) is 16.9 Å². The number of hydrogen-bond donors (Lipinski definition) is 1. The van der Waals surface area contributed by atoms with Crippen molar-refractivity contribution in [2.75, 3.05) is 4.90 Å². The first-order valence-electron chi connectivity index (χ1n) is 7.44. The summed E-state index contributed by atoms with van der Waals surface area (Å²) in [6, 6.07) is 14.7. The molecule has 0 saturated heterocycles. The van der Waals surface area contributed by atoms with Crippen molar-refractivity contribution < 1.29 is 14.7 Å². The maximum absolute atomic E-state index is 11.8. The Balaban J connectivity index is 1.96. The fourth-order valence-corrected chi connectivity index (χ4v) is 2.73. The van der Waals surface area contributed by atoms with Gasteiger partial charge >= 0.3 is 5.97 Å². The Morgan fingerprint density at radius 2 is 1.74 bits per heavy atom. The third-order valence-electron chi connectivity index (χ3n) is 4.03. The summed E-state index contributed by atoms with van der Waals surface area (Å²) in [5.41, 5.74) is 3.35.